The number of carbonyl (C=O) groups excluding carboxylic acids is 1. The lowest BCUT2D eigenvalue weighted by Gasteiger charge is -2.16. The summed E-state index contributed by atoms with van der Waals surface area (Å²) in [5.74, 6) is -1.69. The summed E-state index contributed by atoms with van der Waals surface area (Å²) >= 11 is 0. The number of aliphatic hydroxyl groups excluding tert-OH is 2. The summed E-state index contributed by atoms with van der Waals surface area (Å²) in [7, 11) is 0. The Morgan fingerprint density at radius 1 is 1.47 bits per heavy atom. The van der Waals surface area contributed by atoms with E-state index in [4.69, 9.17) is 0 Å². The number of hydrogen-bond donors (Lipinski definition) is 3. The minimum Gasteiger partial charge on any atom is -0.502 e. The Morgan fingerprint density at radius 2 is 2.11 bits per heavy atom. The first kappa shape index (κ1) is 14.9. The van der Waals surface area contributed by atoms with Crippen LogP contribution in [-0.2, 0) is 9.53 Å². The summed E-state index contributed by atoms with van der Waals surface area (Å²) in [6, 6.07) is 3.00. The highest BCUT2D eigenvalue weighted by molar-refractivity contribution is 5.75. The second-order valence-corrected chi connectivity index (χ2v) is 3.65. The summed E-state index contributed by atoms with van der Waals surface area (Å²) < 4.78 is 4.52. The third kappa shape index (κ3) is 3.39. The predicted octanol–water partition coefficient (Wildman–Crippen LogP) is 0.258. The topological polar surface area (TPSA) is 130 Å². The minimum atomic E-state index is -1.83. The molecule has 0 amide bonds. The van der Waals surface area contributed by atoms with Crippen LogP contribution in [0.15, 0.2) is 18.2 Å². The van der Waals surface area contributed by atoms with Crippen LogP contribution in [0.1, 0.15) is 18.6 Å². The fourth-order valence-corrected chi connectivity index (χ4v) is 1.42. The number of ether oxygens (including phenoxy) is 1. The minimum absolute atomic E-state index is 0.0358. The molecule has 0 aliphatic heterocycles. The van der Waals surface area contributed by atoms with E-state index in [1.165, 1.54) is 6.92 Å². The number of benzene rings is 1. The highest BCUT2D eigenvalue weighted by Crippen LogP contribution is 2.29. The van der Waals surface area contributed by atoms with E-state index in [2.05, 4.69) is 4.74 Å². The molecule has 0 saturated carbocycles. The predicted molar refractivity (Wildman–Crippen MR) is 62.4 cm³/mol. The maximum Gasteiger partial charge on any atom is 0.338 e. The van der Waals surface area contributed by atoms with Crippen LogP contribution >= 0.6 is 0 Å². The molecule has 0 fully saturated rings. The van der Waals surface area contributed by atoms with Gasteiger partial charge in [-0.15, -0.1) is 0 Å². The Morgan fingerprint density at radius 3 is 2.58 bits per heavy atom. The summed E-state index contributed by atoms with van der Waals surface area (Å²) in [5, 5.41) is 39.1. The number of carbonyl (C=O) groups is 1. The molecule has 0 bridgehead atoms. The normalized spacial score (nSPS) is 13.6. The zero-order chi connectivity index (χ0) is 14.6. The van der Waals surface area contributed by atoms with E-state index in [-0.39, 0.29) is 12.2 Å². The van der Waals surface area contributed by atoms with Crippen molar-refractivity contribution in [2.75, 3.05) is 6.61 Å². The molecule has 0 heterocycles. The van der Waals surface area contributed by atoms with Gasteiger partial charge < -0.3 is 20.1 Å². The Bertz CT molecular complexity index is 488. The number of phenolic OH excluding ortho intramolecular Hbond substituents is 1. The first-order valence-corrected chi connectivity index (χ1v) is 5.38. The number of aromatic hydroxyl groups is 1. The maximum atomic E-state index is 11.2. The van der Waals surface area contributed by atoms with E-state index in [9.17, 15) is 30.2 Å². The smallest absolute Gasteiger partial charge is 0.338 e. The zero-order valence-corrected chi connectivity index (χ0v) is 10.0. The van der Waals surface area contributed by atoms with Gasteiger partial charge in [0.15, 0.2) is 11.9 Å². The van der Waals surface area contributed by atoms with E-state index < -0.39 is 34.5 Å². The molecule has 8 nitrogen and oxygen atoms in total. The van der Waals surface area contributed by atoms with Crippen LogP contribution in [-0.4, -0.2) is 38.9 Å². The number of nitro benzene ring substituents is 1. The SMILES string of the molecule is CCOC(=O)C(O)C(O)c1ccc([N+](=O)[O-])c(O)c1. The van der Waals surface area contributed by atoms with Crippen LogP contribution < -0.4 is 0 Å². The molecule has 2 unspecified atom stereocenters. The van der Waals surface area contributed by atoms with Crippen molar-refractivity contribution in [3.63, 3.8) is 0 Å². The van der Waals surface area contributed by atoms with Gasteiger partial charge >= 0.3 is 11.7 Å². The molecule has 0 aliphatic carbocycles. The number of rotatable bonds is 5. The molecular formula is C11H13NO7. The molecule has 104 valence electrons. The molecule has 0 spiro atoms. The van der Waals surface area contributed by atoms with Crippen LogP contribution in [0.25, 0.3) is 0 Å². The van der Waals surface area contributed by atoms with Crippen molar-refractivity contribution >= 4 is 11.7 Å². The molecule has 0 saturated heterocycles. The van der Waals surface area contributed by atoms with Crippen molar-refractivity contribution in [2.24, 2.45) is 0 Å². The zero-order valence-electron chi connectivity index (χ0n) is 10.0. The number of esters is 1. The third-order valence-electron chi connectivity index (χ3n) is 2.36. The van der Waals surface area contributed by atoms with E-state index in [0.29, 0.717) is 0 Å². The quantitative estimate of drug-likeness (QED) is 0.397. The second-order valence-electron chi connectivity index (χ2n) is 3.65. The van der Waals surface area contributed by atoms with Gasteiger partial charge in [0.1, 0.15) is 6.10 Å². The molecule has 1 aromatic carbocycles. The Kier molecular flexibility index (Phi) is 4.79. The van der Waals surface area contributed by atoms with Crippen LogP contribution in [0, 0.1) is 10.1 Å². The molecular weight excluding hydrogens is 258 g/mol. The molecule has 0 aliphatic rings. The van der Waals surface area contributed by atoms with Crippen molar-refractivity contribution in [3.8, 4) is 5.75 Å². The standard InChI is InChI=1S/C11H13NO7/c1-2-19-11(16)10(15)9(14)6-3-4-7(12(17)18)8(13)5-6/h3-5,9-10,13-15H,2H2,1H3. The Labute approximate surface area is 108 Å². The molecule has 0 aromatic heterocycles. The molecule has 2 atom stereocenters. The van der Waals surface area contributed by atoms with Crippen molar-refractivity contribution in [1.29, 1.82) is 0 Å². The number of phenols is 1. The lowest BCUT2D eigenvalue weighted by atomic mass is 10.0. The van der Waals surface area contributed by atoms with Gasteiger partial charge in [-0.25, -0.2) is 4.79 Å². The van der Waals surface area contributed by atoms with Crippen molar-refractivity contribution < 1.29 is 29.8 Å². The van der Waals surface area contributed by atoms with Gasteiger partial charge in [0.2, 0.25) is 0 Å². The van der Waals surface area contributed by atoms with Gasteiger partial charge in [-0.1, -0.05) is 0 Å². The molecule has 19 heavy (non-hydrogen) atoms. The average molecular weight is 271 g/mol. The van der Waals surface area contributed by atoms with E-state index in [0.717, 1.165) is 18.2 Å². The molecule has 1 aromatic rings. The van der Waals surface area contributed by atoms with Crippen molar-refractivity contribution in [2.45, 2.75) is 19.1 Å². The monoisotopic (exact) mass is 271 g/mol. The Balaban J connectivity index is 2.94. The first-order valence-electron chi connectivity index (χ1n) is 5.38. The summed E-state index contributed by atoms with van der Waals surface area (Å²) in [5.41, 5.74) is -0.578. The van der Waals surface area contributed by atoms with E-state index >= 15 is 0 Å². The van der Waals surface area contributed by atoms with Crippen LogP contribution in [0.4, 0.5) is 5.69 Å². The summed E-state index contributed by atoms with van der Waals surface area (Å²) in [6.45, 7) is 1.57. The lowest BCUT2D eigenvalue weighted by Crippen LogP contribution is -2.29. The van der Waals surface area contributed by atoms with Gasteiger partial charge in [-0.05, 0) is 24.6 Å². The lowest BCUT2D eigenvalue weighted by molar-refractivity contribution is -0.385. The van der Waals surface area contributed by atoms with Crippen LogP contribution in [0.5, 0.6) is 5.75 Å². The van der Waals surface area contributed by atoms with Gasteiger partial charge in [0.25, 0.3) is 0 Å². The molecule has 1 rings (SSSR count). The Hall–Kier alpha value is -2.19. The van der Waals surface area contributed by atoms with Crippen molar-refractivity contribution in [3.05, 3.63) is 33.9 Å². The molecule has 8 heteroatoms. The van der Waals surface area contributed by atoms with Gasteiger partial charge in [0, 0.05) is 6.07 Å². The number of nitro groups is 1. The fourth-order valence-electron chi connectivity index (χ4n) is 1.42. The first-order chi connectivity index (χ1) is 8.88. The van der Waals surface area contributed by atoms with Gasteiger partial charge in [-0.3, -0.25) is 10.1 Å². The molecule has 0 radical (unpaired) electrons. The fraction of sp³-hybridized carbons (Fsp3) is 0.364. The number of aliphatic hydroxyl groups is 2. The number of hydrogen-bond acceptors (Lipinski definition) is 7. The molecule has 3 N–H and O–H groups in total. The highest BCUT2D eigenvalue weighted by Gasteiger charge is 2.28. The van der Waals surface area contributed by atoms with Crippen molar-refractivity contribution in [1.82, 2.24) is 0 Å². The second kappa shape index (κ2) is 6.12. The van der Waals surface area contributed by atoms with Gasteiger partial charge in [0.05, 0.1) is 11.5 Å². The van der Waals surface area contributed by atoms with Crippen LogP contribution in [0.2, 0.25) is 0 Å². The number of nitrogens with zero attached hydrogens (tertiary/aromatic N) is 1. The van der Waals surface area contributed by atoms with Gasteiger partial charge in [-0.2, -0.15) is 0 Å². The highest BCUT2D eigenvalue weighted by atomic mass is 16.6. The van der Waals surface area contributed by atoms with Crippen LogP contribution in [0.3, 0.4) is 0 Å². The average Bonchev–Trinajstić information content (AvgIpc) is 2.36. The third-order valence-corrected chi connectivity index (χ3v) is 2.36. The summed E-state index contributed by atoms with van der Waals surface area (Å²) in [4.78, 5) is 20.9. The largest absolute Gasteiger partial charge is 0.502 e. The maximum absolute atomic E-state index is 11.2. The summed E-state index contributed by atoms with van der Waals surface area (Å²) in [6.07, 6.45) is -3.48. The van der Waals surface area contributed by atoms with E-state index in [1.54, 1.807) is 0 Å². The van der Waals surface area contributed by atoms with E-state index in [1.807, 2.05) is 0 Å².